The standard InChI is InChI=1S/C29H36Cl2N8O2/c1-22(40)37-13-9-24(10-14-37)29(41)38(26-7-8-27(30)28(31)19-26)12-2-11-35-15-17-36(18-16-35)20-23-3-5-25(6-4-23)39-21-32-33-34-39/h3-8,19,21,24H,2,9-18,20H2,1H3. The van der Waals surface area contributed by atoms with E-state index in [2.05, 4.69) is 37.5 Å². The van der Waals surface area contributed by atoms with E-state index in [4.69, 9.17) is 23.2 Å². The third-order valence-corrected chi connectivity index (χ3v) is 8.79. The van der Waals surface area contributed by atoms with Gasteiger partial charge in [0.1, 0.15) is 6.33 Å². The van der Waals surface area contributed by atoms with Crippen molar-refractivity contribution in [3.05, 3.63) is 64.4 Å². The highest BCUT2D eigenvalue weighted by atomic mass is 35.5. The molecule has 0 atom stereocenters. The Morgan fingerprint density at radius 1 is 0.927 bits per heavy atom. The molecule has 0 unspecified atom stereocenters. The lowest BCUT2D eigenvalue weighted by Gasteiger charge is -2.36. The molecule has 10 nitrogen and oxygen atoms in total. The van der Waals surface area contributed by atoms with E-state index < -0.39 is 0 Å². The highest BCUT2D eigenvalue weighted by Crippen LogP contribution is 2.30. The van der Waals surface area contributed by atoms with Crippen LogP contribution in [0.25, 0.3) is 5.69 Å². The van der Waals surface area contributed by atoms with Crippen molar-refractivity contribution in [3.63, 3.8) is 0 Å². The maximum Gasteiger partial charge on any atom is 0.230 e. The summed E-state index contributed by atoms with van der Waals surface area (Å²) >= 11 is 12.5. The van der Waals surface area contributed by atoms with Crippen molar-refractivity contribution in [1.29, 1.82) is 0 Å². The van der Waals surface area contributed by atoms with Crippen LogP contribution in [0.4, 0.5) is 5.69 Å². The van der Waals surface area contributed by atoms with Gasteiger partial charge in [0.2, 0.25) is 11.8 Å². The van der Waals surface area contributed by atoms with Gasteiger partial charge in [-0.1, -0.05) is 35.3 Å². The second-order valence-corrected chi connectivity index (χ2v) is 11.6. The summed E-state index contributed by atoms with van der Waals surface area (Å²) in [6.07, 6.45) is 3.81. The van der Waals surface area contributed by atoms with Crippen LogP contribution < -0.4 is 4.90 Å². The second kappa shape index (κ2) is 13.7. The summed E-state index contributed by atoms with van der Waals surface area (Å²) < 4.78 is 1.65. The number of piperazine rings is 1. The maximum absolute atomic E-state index is 13.7. The van der Waals surface area contributed by atoms with Gasteiger partial charge < -0.3 is 14.7 Å². The number of nitrogens with zero attached hydrogens (tertiary/aromatic N) is 8. The number of halogens is 2. The average molecular weight is 600 g/mol. The Morgan fingerprint density at radius 3 is 2.27 bits per heavy atom. The zero-order valence-corrected chi connectivity index (χ0v) is 24.8. The summed E-state index contributed by atoms with van der Waals surface area (Å²) in [6.45, 7) is 9.24. The number of hydrogen-bond donors (Lipinski definition) is 0. The highest BCUT2D eigenvalue weighted by molar-refractivity contribution is 6.42. The Balaban J connectivity index is 1.12. The molecule has 2 amide bonds. The number of piperidine rings is 1. The normalized spacial score (nSPS) is 17.1. The fourth-order valence-electron chi connectivity index (χ4n) is 5.60. The lowest BCUT2D eigenvalue weighted by molar-refractivity contribution is -0.133. The highest BCUT2D eigenvalue weighted by Gasteiger charge is 2.30. The molecule has 2 saturated heterocycles. The number of hydrogen-bond acceptors (Lipinski definition) is 7. The van der Waals surface area contributed by atoms with Crippen LogP contribution in [-0.4, -0.2) is 99.1 Å². The average Bonchev–Trinajstić information content (AvgIpc) is 3.53. The predicted molar refractivity (Wildman–Crippen MR) is 159 cm³/mol. The molecule has 0 aliphatic carbocycles. The monoisotopic (exact) mass is 598 g/mol. The largest absolute Gasteiger partial charge is 0.343 e. The number of tetrazole rings is 1. The van der Waals surface area contributed by atoms with Crippen LogP contribution in [0, 0.1) is 5.92 Å². The summed E-state index contributed by atoms with van der Waals surface area (Å²) in [6, 6.07) is 13.7. The topological polar surface area (TPSA) is 90.7 Å². The molecule has 0 saturated carbocycles. The van der Waals surface area contributed by atoms with Gasteiger partial charge in [0.05, 0.1) is 15.7 Å². The number of amides is 2. The molecular formula is C29H36Cl2N8O2. The minimum Gasteiger partial charge on any atom is -0.343 e. The molecule has 0 radical (unpaired) electrons. The van der Waals surface area contributed by atoms with Crippen molar-refractivity contribution in [2.45, 2.75) is 32.7 Å². The van der Waals surface area contributed by atoms with Gasteiger partial charge in [-0.05, 0) is 72.1 Å². The molecule has 3 aromatic rings. The fraction of sp³-hybridized carbons (Fsp3) is 0.483. The van der Waals surface area contributed by atoms with Crippen molar-refractivity contribution in [2.75, 3.05) is 57.3 Å². The number of aromatic nitrogens is 4. The number of anilines is 1. The first-order valence-electron chi connectivity index (χ1n) is 14.2. The Labute approximate surface area is 250 Å². The van der Waals surface area contributed by atoms with Gasteiger partial charge in [-0.25, -0.2) is 4.68 Å². The van der Waals surface area contributed by atoms with Crippen molar-refractivity contribution >= 4 is 40.7 Å². The Morgan fingerprint density at radius 2 is 1.63 bits per heavy atom. The van der Waals surface area contributed by atoms with Gasteiger partial charge in [-0.15, -0.1) is 5.10 Å². The summed E-state index contributed by atoms with van der Waals surface area (Å²) in [5.74, 6) is 0.0595. The van der Waals surface area contributed by atoms with E-state index in [-0.39, 0.29) is 17.7 Å². The van der Waals surface area contributed by atoms with Crippen LogP contribution in [0.2, 0.25) is 10.0 Å². The fourth-order valence-corrected chi connectivity index (χ4v) is 5.89. The van der Waals surface area contributed by atoms with Crippen molar-refractivity contribution in [3.8, 4) is 5.69 Å². The number of carbonyl (C=O) groups excluding carboxylic acids is 2. The summed E-state index contributed by atoms with van der Waals surface area (Å²) in [4.78, 5) is 34.0. The van der Waals surface area contributed by atoms with E-state index in [1.54, 1.807) is 30.1 Å². The third-order valence-electron chi connectivity index (χ3n) is 8.05. The first kappa shape index (κ1) is 29.4. The second-order valence-electron chi connectivity index (χ2n) is 10.8. The van der Waals surface area contributed by atoms with Gasteiger partial charge in [-0.2, -0.15) is 0 Å². The van der Waals surface area contributed by atoms with Crippen LogP contribution in [0.5, 0.6) is 0 Å². The lowest BCUT2D eigenvalue weighted by atomic mass is 9.94. The summed E-state index contributed by atoms with van der Waals surface area (Å²) in [5, 5.41) is 12.2. The van der Waals surface area contributed by atoms with E-state index in [0.29, 0.717) is 42.5 Å². The molecular weight excluding hydrogens is 563 g/mol. The minimum atomic E-state index is -0.106. The summed E-state index contributed by atoms with van der Waals surface area (Å²) in [5.41, 5.74) is 2.98. The quantitative estimate of drug-likeness (QED) is 0.370. The van der Waals surface area contributed by atoms with Crippen molar-refractivity contribution in [2.24, 2.45) is 5.92 Å². The van der Waals surface area contributed by atoms with Crippen molar-refractivity contribution < 1.29 is 9.59 Å². The zero-order chi connectivity index (χ0) is 28.8. The van der Waals surface area contributed by atoms with Gasteiger partial charge in [0.25, 0.3) is 0 Å². The molecule has 2 aliphatic rings. The lowest BCUT2D eigenvalue weighted by Crippen LogP contribution is -2.47. The number of carbonyl (C=O) groups is 2. The van der Waals surface area contributed by atoms with Crippen LogP contribution in [0.1, 0.15) is 31.7 Å². The van der Waals surface area contributed by atoms with E-state index >= 15 is 0 Å². The SMILES string of the molecule is CC(=O)N1CCC(C(=O)N(CCCN2CCN(Cc3ccc(-n4cnnn4)cc3)CC2)c2ccc(Cl)c(Cl)c2)CC1. The summed E-state index contributed by atoms with van der Waals surface area (Å²) in [7, 11) is 0. The smallest absolute Gasteiger partial charge is 0.230 e. The first-order chi connectivity index (χ1) is 19.9. The maximum atomic E-state index is 13.7. The molecule has 0 bridgehead atoms. The molecule has 5 rings (SSSR count). The third kappa shape index (κ3) is 7.62. The van der Waals surface area contributed by atoms with Crippen LogP contribution in [-0.2, 0) is 16.1 Å². The number of rotatable bonds is 9. The number of likely N-dealkylation sites (tertiary alicyclic amines) is 1. The van der Waals surface area contributed by atoms with Gasteiger partial charge in [-0.3, -0.25) is 14.5 Å². The van der Waals surface area contributed by atoms with E-state index in [1.165, 1.54) is 5.56 Å². The number of benzene rings is 2. The van der Waals surface area contributed by atoms with Crippen LogP contribution >= 0.6 is 23.2 Å². The predicted octanol–water partition coefficient (Wildman–Crippen LogP) is 3.77. The molecule has 41 heavy (non-hydrogen) atoms. The van der Waals surface area contributed by atoms with E-state index in [1.807, 2.05) is 28.0 Å². The molecule has 0 spiro atoms. The molecule has 3 heterocycles. The van der Waals surface area contributed by atoms with E-state index in [9.17, 15) is 9.59 Å². The molecule has 218 valence electrons. The molecule has 1 aromatic heterocycles. The Hall–Kier alpha value is -3.05. The molecule has 0 N–H and O–H groups in total. The van der Waals surface area contributed by atoms with Gasteiger partial charge in [0, 0.05) is 70.9 Å². The minimum absolute atomic E-state index is 0.0659. The van der Waals surface area contributed by atoms with Crippen LogP contribution in [0.3, 0.4) is 0 Å². The van der Waals surface area contributed by atoms with Crippen LogP contribution in [0.15, 0.2) is 48.8 Å². The molecule has 2 aromatic carbocycles. The Bertz CT molecular complexity index is 1300. The van der Waals surface area contributed by atoms with Gasteiger partial charge >= 0.3 is 0 Å². The van der Waals surface area contributed by atoms with Gasteiger partial charge in [0.15, 0.2) is 0 Å². The first-order valence-corrected chi connectivity index (χ1v) is 14.9. The molecule has 2 fully saturated rings. The zero-order valence-electron chi connectivity index (χ0n) is 23.3. The van der Waals surface area contributed by atoms with E-state index in [0.717, 1.165) is 57.1 Å². The molecule has 12 heteroatoms. The molecule has 2 aliphatic heterocycles. The Kier molecular flexibility index (Phi) is 9.87. The van der Waals surface area contributed by atoms with Crippen molar-refractivity contribution in [1.82, 2.24) is 34.9 Å².